The van der Waals surface area contributed by atoms with E-state index in [1.807, 2.05) is 32.3 Å². The van der Waals surface area contributed by atoms with Gasteiger partial charge in [-0.2, -0.15) is 0 Å². The Kier molecular flexibility index (Phi) is 6.77. The molecule has 9 heteroatoms. The van der Waals surface area contributed by atoms with Gasteiger partial charge in [-0.05, 0) is 18.2 Å². The van der Waals surface area contributed by atoms with E-state index in [0.29, 0.717) is 37.7 Å². The number of benzene rings is 1. The van der Waals surface area contributed by atoms with Crippen LogP contribution >= 0.6 is 0 Å². The maximum atomic E-state index is 11.7. The molecule has 1 aliphatic rings. The summed E-state index contributed by atoms with van der Waals surface area (Å²) in [6, 6.07) is 10.1. The number of carbonyl (C=O) groups excluding carboxylic acids is 1. The van der Waals surface area contributed by atoms with Gasteiger partial charge in [-0.25, -0.2) is 9.97 Å². The van der Waals surface area contributed by atoms with Crippen LogP contribution in [0.4, 0.5) is 5.69 Å². The number of nitrogens with one attached hydrogen (secondary N) is 1. The number of likely N-dealkylation sites (N-methyl/N-ethyl adjacent to an activating group) is 1. The molecule has 4 rings (SSSR count). The molecule has 32 heavy (non-hydrogen) atoms. The number of carbonyl (C=O) groups is 1. The molecule has 1 amide bonds. The highest BCUT2D eigenvalue weighted by atomic mass is 16.5. The first-order chi connectivity index (χ1) is 15.5. The third-order valence-corrected chi connectivity index (χ3v) is 5.38. The summed E-state index contributed by atoms with van der Waals surface area (Å²) in [6.07, 6.45) is 3.13. The van der Waals surface area contributed by atoms with Gasteiger partial charge < -0.3 is 19.7 Å². The molecule has 0 spiro atoms. The van der Waals surface area contributed by atoms with Crippen LogP contribution in [0.25, 0.3) is 22.3 Å². The van der Waals surface area contributed by atoms with Crippen molar-refractivity contribution in [3.8, 4) is 17.1 Å². The zero-order valence-electron chi connectivity index (χ0n) is 18.6. The summed E-state index contributed by atoms with van der Waals surface area (Å²) in [5.41, 5.74) is 4.18. The van der Waals surface area contributed by atoms with Crippen molar-refractivity contribution in [2.75, 3.05) is 58.9 Å². The van der Waals surface area contributed by atoms with E-state index >= 15 is 0 Å². The zero-order chi connectivity index (χ0) is 22.5. The standard InChI is InChI=1S/C23H28N6O3/c1-24-21(30)14-29-10-11-31-18(13-29)15-32-23-22-20(25-8-9-26-22)12-19(27-23)16-4-6-17(7-5-16)28(2)3/h4-9,12,18H,10-11,13-15H2,1-3H3,(H,24,30). The summed E-state index contributed by atoms with van der Waals surface area (Å²) in [5.74, 6) is 0.414. The lowest BCUT2D eigenvalue weighted by atomic mass is 10.1. The quantitative estimate of drug-likeness (QED) is 0.597. The molecule has 1 fully saturated rings. The summed E-state index contributed by atoms with van der Waals surface area (Å²) in [7, 11) is 5.66. The SMILES string of the molecule is CNC(=O)CN1CCOC(COc2nc(-c3ccc(N(C)C)cc3)cc3nccnc23)C1. The first-order valence-corrected chi connectivity index (χ1v) is 10.6. The number of amides is 1. The van der Waals surface area contributed by atoms with Crippen LogP contribution in [0.1, 0.15) is 0 Å². The van der Waals surface area contributed by atoms with Gasteiger partial charge in [0.15, 0.2) is 5.52 Å². The minimum Gasteiger partial charge on any atom is -0.473 e. The summed E-state index contributed by atoms with van der Waals surface area (Å²) in [4.78, 5) is 29.4. The van der Waals surface area contributed by atoms with E-state index in [1.54, 1.807) is 19.4 Å². The van der Waals surface area contributed by atoms with E-state index in [1.165, 1.54) is 0 Å². The van der Waals surface area contributed by atoms with Crippen LogP contribution in [0.2, 0.25) is 0 Å². The number of ether oxygens (including phenoxy) is 2. The summed E-state index contributed by atoms with van der Waals surface area (Å²) in [6.45, 7) is 2.54. The first kappa shape index (κ1) is 21.9. The second-order valence-electron chi connectivity index (χ2n) is 7.89. The van der Waals surface area contributed by atoms with E-state index in [-0.39, 0.29) is 12.0 Å². The van der Waals surface area contributed by atoms with Crippen LogP contribution in [0.3, 0.4) is 0 Å². The molecule has 1 unspecified atom stereocenters. The molecule has 9 nitrogen and oxygen atoms in total. The van der Waals surface area contributed by atoms with Gasteiger partial charge in [0.05, 0.1) is 24.4 Å². The van der Waals surface area contributed by atoms with Gasteiger partial charge in [-0.3, -0.25) is 14.7 Å². The number of morpholine rings is 1. The van der Waals surface area contributed by atoms with Crippen molar-refractivity contribution < 1.29 is 14.3 Å². The molecule has 2 aromatic heterocycles. The third kappa shape index (κ3) is 5.12. The highest BCUT2D eigenvalue weighted by Gasteiger charge is 2.23. The van der Waals surface area contributed by atoms with Crippen molar-refractivity contribution in [1.29, 1.82) is 0 Å². The molecule has 168 valence electrons. The largest absolute Gasteiger partial charge is 0.473 e. The Hall–Kier alpha value is -3.30. The van der Waals surface area contributed by atoms with Crippen LogP contribution in [0, 0.1) is 0 Å². The molecule has 1 aromatic carbocycles. The number of aromatic nitrogens is 3. The fourth-order valence-corrected chi connectivity index (χ4v) is 3.60. The average Bonchev–Trinajstić information content (AvgIpc) is 2.82. The Morgan fingerprint density at radius 3 is 2.78 bits per heavy atom. The molecular weight excluding hydrogens is 408 g/mol. The smallest absolute Gasteiger partial charge is 0.242 e. The minimum atomic E-state index is -0.162. The van der Waals surface area contributed by atoms with Gasteiger partial charge in [0.1, 0.15) is 12.7 Å². The van der Waals surface area contributed by atoms with Crippen molar-refractivity contribution in [3.05, 3.63) is 42.7 Å². The van der Waals surface area contributed by atoms with Crippen LogP contribution in [-0.2, 0) is 9.53 Å². The number of hydrogen-bond acceptors (Lipinski definition) is 8. The Labute approximate surface area is 187 Å². The van der Waals surface area contributed by atoms with Crippen molar-refractivity contribution in [2.45, 2.75) is 6.10 Å². The Morgan fingerprint density at radius 2 is 2.03 bits per heavy atom. The summed E-state index contributed by atoms with van der Waals surface area (Å²) >= 11 is 0. The maximum Gasteiger partial charge on any atom is 0.242 e. The lowest BCUT2D eigenvalue weighted by Crippen LogP contribution is -2.48. The fraction of sp³-hybridized carbons (Fsp3) is 0.391. The zero-order valence-corrected chi connectivity index (χ0v) is 18.6. The molecule has 1 saturated heterocycles. The second kappa shape index (κ2) is 9.88. The fourth-order valence-electron chi connectivity index (χ4n) is 3.60. The molecule has 3 aromatic rings. The summed E-state index contributed by atoms with van der Waals surface area (Å²) < 4.78 is 11.9. The second-order valence-corrected chi connectivity index (χ2v) is 7.89. The average molecular weight is 437 g/mol. The van der Waals surface area contributed by atoms with Gasteiger partial charge in [0.2, 0.25) is 11.8 Å². The van der Waals surface area contributed by atoms with Gasteiger partial charge in [-0.1, -0.05) is 12.1 Å². The predicted octanol–water partition coefficient (Wildman–Crippen LogP) is 1.58. The van der Waals surface area contributed by atoms with Crippen LogP contribution < -0.4 is 15.0 Å². The number of hydrogen-bond donors (Lipinski definition) is 1. The van der Waals surface area contributed by atoms with Crippen molar-refractivity contribution in [3.63, 3.8) is 0 Å². The first-order valence-electron chi connectivity index (χ1n) is 10.6. The molecule has 0 radical (unpaired) electrons. The van der Waals surface area contributed by atoms with Crippen molar-refractivity contribution in [2.24, 2.45) is 0 Å². The van der Waals surface area contributed by atoms with E-state index in [4.69, 9.17) is 14.5 Å². The van der Waals surface area contributed by atoms with Gasteiger partial charge in [-0.15, -0.1) is 0 Å². The van der Waals surface area contributed by atoms with Gasteiger partial charge >= 0.3 is 0 Å². The van der Waals surface area contributed by atoms with Crippen LogP contribution in [0.15, 0.2) is 42.7 Å². The number of rotatable bonds is 7. The predicted molar refractivity (Wildman–Crippen MR) is 123 cm³/mol. The van der Waals surface area contributed by atoms with Crippen molar-refractivity contribution in [1.82, 2.24) is 25.2 Å². The molecule has 0 bridgehead atoms. The van der Waals surface area contributed by atoms with Crippen LogP contribution in [0.5, 0.6) is 5.88 Å². The van der Waals surface area contributed by atoms with E-state index < -0.39 is 0 Å². The minimum absolute atomic E-state index is 0.0116. The molecule has 1 aliphatic heterocycles. The molecular formula is C23H28N6O3. The topological polar surface area (TPSA) is 92.7 Å². The number of pyridine rings is 1. The molecule has 1 atom stereocenters. The van der Waals surface area contributed by atoms with Crippen molar-refractivity contribution >= 4 is 22.6 Å². The van der Waals surface area contributed by atoms with Gasteiger partial charge in [0, 0.05) is 57.9 Å². The number of fused-ring (bicyclic) bond motifs is 1. The van der Waals surface area contributed by atoms with E-state index in [0.717, 1.165) is 29.0 Å². The molecule has 1 N–H and O–H groups in total. The highest BCUT2D eigenvalue weighted by Crippen LogP contribution is 2.28. The Balaban J connectivity index is 1.53. The summed E-state index contributed by atoms with van der Waals surface area (Å²) in [5, 5.41) is 2.66. The number of nitrogens with zero attached hydrogens (tertiary/aromatic N) is 5. The molecule has 3 heterocycles. The van der Waals surface area contributed by atoms with Crippen LogP contribution in [-0.4, -0.2) is 85.9 Å². The normalized spacial score (nSPS) is 16.7. The number of anilines is 1. The van der Waals surface area contributed by atoms with Gasteiger partial charge in [0.25, 0.3) is 0 Å². The third-order valence-electron chi connectivity index (χ3n) is 5.38. The maximum absolute atomic E-state index is 11.7. The van der Waals surface area contributed by atoms with E-state index in [9.17, 15) is 4.79 Å². The van der Waals surface area contributed by atoms with E-state index in [2.05, 4.69) is 37.2 Å². The molecule has 0 saturated carbocycles. The Morgan fingerprint density at radius 1 is 1.25 bits per heavy atom. The Bertz CT molecular complexity index is 1070. The highest BCUT2D eigenvalue weighted by molar-refractivity contribution is 5.83. The lowest BCUT2D eigenvalue weighted by molar-refractivity contribution is -0.124. The molecule has 0 aliphatic carbocycles. The lowest BCUT2D eigenvalue weighted by Gasteiger charge is -2.32. The monoisotopic (exact) mass is 436 g/mol.